The monoisotopic (exact) mass is 379 g/mol. The van der Waals surface area contributed by atoms with E-state index in [-0.39, 0.29) is 17.8 Å². The molecule has 2 aromatic rings. The molecule has 0 aliphatic heterocycles. The Morgan fingerprint density at radius 3 is 3.04 bits per heavy atom. The Bertz CT molecular complexity index is 684. The lowest BCUT2D eigenvalue weighted by atomic mass is 9.75. The number of hydrogen-bond acceptors (Lipinski definition) is 6. The zero-order chi connectivity index (χ0) is 17.8. The van der Waals surface area contributed by atoms with Gasteiger partial charge in [0.15, 0.2) is 5.82 Å². The first-order chi connectivity index (χ1) is 12.0. The lowest BCUT2D eigenvalue weighted by molar-refractivity contribution is -0.152. The second-order valence-corrected chi connectivity index (χ2v) is 8.98. The molecule has 3 rings (SSSR count). The molecular formula is C18H25N3O2S2. The maximum Gasteiger partial charge on any atom is 0.316 e. The van der Waals surface area contributed by atoms with Crippen molar-refractivity contribution in [1.29, 1.82) is 0 Å². The lowest BCUT2D eigenvalue weighted by Gasteiger charge is -2.36. The highest BCUT2D eigenvalue weighted by atomic mass is 32.2. The largest absolute Gasteiger partial charge is 0.461 e. The van der Waals surface area contributed by atoms with Crippen LogP contribution in [0.4, 0.5) is 0 Å². The van der Waals surface area contributed by atoms with E-state index in [1.54, 1.807) is 11.3 Å². The van der Waals surface area contributed by atoms with E-state index in [1.807, 2.05) is 17.5 Å². The summed E-state index contributed by atoms with van der Waals surface area (Å²) in [5, 5.41) is 9.67. The van der Waals surface area contributed by atoms with Gasteiger partial charge in [0.25, 0.3) is 0 Å². The minimum atomic E-state index is -0.169. The molecule has 1 aliphatic rings. The second kappa shape index (κ2) is 8.36. The average molecular weight is 380 g/mol. The normalized spacial score (nSPS) is 23.8. The van der Waals surface area contributed by atoms with Gasteiger partial charge in [0.05, 0.1) is 10.6 Å². The zero-order valence-electron chi connectivity index (χ0n) is 14.9. The van der Waals surface area contributed by atoms with Crippen molar-refractivity contribution in [3.63, 3.8) is 0 Å². The molecule has 0 unspecified atom stereocenters. The van der Waals surface area contributed by atoms with E-state index in [2.05, 4.69) is 36.0 Å². The summed E-state index contributed by atoms with van der Waals surface area (Å²) >= 11 is 2.93. The topological polar surface area (TPSA) is 67.9 Å². The van der Waals surface area contributed by atoms with Crippen molar-refractivity contribution in [3.05, 3.63) is 17.5 Å². The van der Waals surface area contributed by atoms with Gasteiger partial charge in [0.2, 0.25) is 5.16 Å². The number of nitrogens with zero attached hydrogens (tertiary/aromatic N) is 2. The number of nitrogens with one attached hydrogen (secondary N) is 1. The molecule has 0 saturated heterocycles. The van der Waals surface area contributed by atoms with Crippen LogP contribution in [-0.2, 0) is 9.53 Å². The summed E-state index contributed by atoms with van der Waals surface area (Å²) < 4.78 is 5.81. The van der Waals surface area contributed by atoms with Gasteiger partial charge in [-0.05, 0) is 42.0 Å². The first kappa shape index (κ1) is 18.5. The van der Waals surface area contributed by atoms with Gasteiger partial charge in [0, 0.05) is 0 Å². The Kier molecular flexibility index (Phi) is 6.17. The Hall–Kier alpha value is -1.34. The molecule has 0 spiro atoms. The van der Waals surface area contributed by atoms with Crippen molar-refractivity contribution in [3.8, 4) is 10.7 Å². The number of H-pyrrole nitrogens is 1. The van der Waals surface area contributed by atoms with Crippen molar-refractivity contribution in [2.75, 3.05) is 5.75 Å². The first-order valence-corrected chi connectivity index (χ1v) is 10.7. The van der Waals surface area contributed by atoms with Crippen LogP contribution in [0.3, 0.4) is 0 Å². The van der Waals surface area contributed by atoms with E-state index < -0.39 is 0 Å². The molecule has 0 aromatic carbocycles. The SMILES string of the molecule is CC(C)[C@@H]1CC[C@@H](C)C[C@H]1OC(=O)CSc1n[nH]c(-c2cccs2)n1. The third-order valence-electron chi connectivity index (χ3n) is 4.78. The van der Waals surface area contributed by atoms with Gasteiger partial charge >= 0.3 is 5.97 Å². The summed E-state index contributed by atoms with van der Waals surface area (Å²) in [6.07, 6.45) is 3.40. The first-order valence-electron chi connectivity index (χ1n) is 8.81. The molecule has 0 radical (unpaired) electrons. The zero-order valence-corrected chi connectivity index (χ0v) is 16.5. The molecule has 2 heterocycles. The summed E-state index contributed by atoms with van der Waals surface area (Å²) in [5.41, 5.74) is 0. The van der Waals surface area contributed by atoms with Crippen LogP contribution < -0.4 is 0 Å². The summed E-state index contributed by atoms with van der Waals surface area (Å²) in [7, 11) is 0. The quantitative estimate of drug-likeness (QED) is 0.585. The molecule has 1 aliphatic carbocycles. The van der Waals surface area contributed by atoms with Crippen LogP contribution >= 0.6 is 23.1 Å². The maximum atomic E-state index is 12.3. The van der Waals surface area contributed by atoms with Crippen molar-refractivity contribution in [2.45, 2.75) is 51.3 Å². The van der Waals surface area contributed by atoms with Gasteiger partial charge in [0.1, 0.15) is 6.10 Å². The van der Waals surface area contributed by atoms with Crippen LogP contribution in [0.2, 0.25) is 0 Å². The van der Waals surface area contributed by atoms with Gasteiger partial charge in [-0.3, -0.25) is 9.89 Å². The Morgan fingerprint density at radius 2 is 2.32 bits per heavy atom. The standard InChI is InChI=1S/C18H25N3O2S2/c1-11(2)13-7-6-12(3)9-14(13)23-16(22)10-25-18-19-17(20-21-18)15-5-4-8-24-15/h4-5,8,11-14H,6-7,9-10H2,1-3H3,(H,19,20,21)/t12-,13+,14-/m1/s1. The molecule has 0 bridgehead atoms. The van der Waals surface area contributed by atoms with Crippen molar-refractivity contribution in [2.24, 2.45) is 17.8 Å². The predicted octanol–water partition coefficient (Wildman–Crippen LogP) is 4.63. The van der Waals surface area contributed by atoms with Gasteiger partial charge in [-0.15, -0.1) is 16.4 Å². The third kappa shape index (κ3) is 4.85. The van der Waals surface area contributed by atoms with Gasteiger partial charge in [-0.1, -0.05) is 45.0 Å². The number of aromatic amines is 1. The molecule has 5 nitrogen and oxygen atoms in total. The van der Waals surface area contributed by atoms with E-state index in [1.165, 1.54) is 18.2 Å². The summed E-state index contributed by atoms with van der Waals surface area (Å²) in [6.45, 7) is 6.68. The number of thiophene rings is 1. The predicted molar refractivity (Wildman–Crippen MR) is 102 cm³/mol. The number of rotatable bonds is 6. The van der Waals surface area contributed by atoms with Crippen LogP contribution in [0, 0.1) is 17.8 Å². The molecule has 1 saturated carbocycles. The smallest absolute Gasteiger partial charge is 0.316 e. The number of esters is 1. The lowest BCUT2D eigenvalue weighted by Crippen LogP contribution is -2.36. The maximum absolute atomic E-state index is 12.3. The number of carbonyl (C=O) groups is 1. The highest BCUT2D eigenvalue weighted by molar-refractivity contribution is 7.99. The number of ether oxygens (including phenoxy) is 1. The van der Waals surface area contributed by atoms with Crippen LogP contribution in [0.5, 0.6) is 0 Å². The number of thioether (sulfide) groups is 1. The fraction of sp³-hybridized carbons (Fsp3) is 0.611. The third-order valence-corrected chi connectivity index (χ3v) is 6.48. The molecule has 1 N–H and O–H groups in total. The van der Waals surface area contributed by atoms with Crippen molar-refractivity contribution >= 4 is 29.1 Å². The van der Waals surface area contributed by atoms with E-state index >= 15 is 0 Å². The Morgan fingerprint density at radius 1 is 1.48 bits per heavy atom. The molecule has 1 fully saturated rings. The minimum Gasteiger partial charge on any atom is -0.461 e. The van der Waals surface area contributed by atoms with Crippen LogP contribution in [0.15, 0.2) is 22.7 Å². The molecule has 3 atom stereocenters. The fourth-order valence-electron chi connectivity index (χ4n) is 3.41. The van der Waals surface area contributed by atoms with E-state index in [9.17, 15) is 4.79 Å². The number of hydrogen-bond donors (Lipinski definition) is 1. The molecule has 136 valence electrons. The van der Waals surface area contributed by atoms with E-state index in [0.29, 0.717) is 22.9 Å². The molecule has 0 amide bonds. The molecule has 25 heavy (non-hydrogen) atoms. The van der Waals surface area contributed by atoms with Crippen molar-refractivity contribution in [1.82, 2.24) is 15.2 Å². The highest BCUT2D eigenvalue weighted by Crippen LogP contribution is 2.35. The van der Waals surface area contributed by atoms with Gasteiger partial charge in [-0.2, -0.15) is 0 Å². The molecule has 2 aromatic heterocycles. The van der Waals surface area contributed by atoms with Crippen molar-refractivity contribution < 1.29 is 9.53 Å². The Balaban J connectivity index is 1.52. The molecule has 7 heteroatoms. The number of aromatic nitrogens is 3. The summed E-state index contributed by atoms with van der Waals surface area (Å²) in [4.78, 5) is 17.8. The molecular weight excluding hydrogens is 354 g/mol. The minimum absolute atomic E-state index is 0.0469. The average Bonchev–Trinajstić information content (AvgIpc) is 3.24. The van der Waals surface area contributed by atoms with Crippen LogP contribution in [0.25, 0.3) is 10.7 Å². The van der Waals surface area contributed by atoms with Crippen LogP contribution in [-0.4, -0.2) is 33.0 Å². The van der Waals surface area contributed by atoms with E-state index in [0.717, 1.165) is 23.5 Å². The van der Waals surface area contributed by atoms with Gasteiger partial charge < -0.3 is 4.74 Å². The fourth-order valence-corrected chi connectivity index (χ4v) is 4.66. The summed E-state index contributed by atoms with van der Waals surface area (Å²) in [6, 6.07) is 3.97. The van der Waals surface area contributed by atoms with Gasteiger partial charge in [-0.25, -0.2) is 4.98 Å². The Labute approximate surface area is 157 Å². The second-order valence-electron chi connectivity index (χ2n) is 7.09. The van der Waals surface area contributed by atoms with Crippen LogP contribution in [0.1, 0.15) is 40.0 Å². The highest BCUT2D eigenvalue weighted by Gasteiger charge is 2.33. The number of carbonyl (C=O) groups excluding carboxylic acids is 1. The van der Waals surface area contributed by atoms with E-state index in [4.69, 9.17) is 4.74 Å². The summed E-state index contributed by atoms with van der Waals surface area (Å²) in [5.74, 6) is 2.46.